The average Bonchev–Trinajstić information content (AvgIpc) is 2.76. The van der Waals surface area contributed by atoms with Crippen LogP contribution in [0.1, 0.15) is 34.2 Å². The molecule has 0 aliphatic carbocycles. The zero-order valence-electron chi connectivity index (χ0n) is 9.61. The first-order valence-electron chi connectivity index (χ1n) is 5.89. The van der Waals surface area contributed by atoms with E-state index in [0.29, 0.717) is 12.1 Å². The molecule has 3 nitrogen and oxygen atoms in total. The highest BCUT2D eigenvalue weighted by atomic mass is 32.1. The lowest BCUT2D eigenvalue weighted by atomic mass is 9.98. The van der Waals surface area contributed by atoms with Crippen molar-refractivity contribution in [3.8, 4) is 0 Å². The average molecular weight is 238 g/mol. The fourth-order valence-corrected chi connectivity index (χ4v) is 4.00. The predicted molar refractivity (Wildman–Crippen MR) is 65.4 cm³/mol. The number of likely N-dealkylation sites (N-methyl/N-ethyl adjacent to an activating group) is 1. The van der Waals surface area contributed by atoms with Crippen LogP contribution < -0.4 is 5.73 Å². The number of rotatable bonds is 1. The van der Waals surface area contributed by atoms with Crippen LogP contribution in [0.4, 0.5) is 0 Å². The molecular formula is C12H18N2OS. The maximum atomic E-state index is 5.98. The number of hydrogen-bond donors (Lipinski definition) is 1. The van der Waals surface area contributed by atoms with Gasteiger partial charge in [0.15, 0.2) is 0 Å². The Hall–Kier alpha value is -0.420. The summed E-state index contributed by atoms with van der Waals surface area (Å²) in [6, 6.07) is 3.28. The van der Waals surface area contributed by atoms with Gasteiger partial charge in [-0.05, 0) is 31.5 Å². The van der Waals surface area contributed by atoms with Gasteiger partial charge >= 0.3 is 0 Å². The van der Waals surface area contributed by atoms with Gasteiger partial charge in [-0.25, -0.2) is 0 Å². The monoisotopic (exact) mass is 238 g/mol. The van der Waals surface area contributed by atoms with Gasteiger partial charge in [0.1, 0.15) is 0 Å². The minimum atomic E-state index is 0.358. The molecule has 16 heavy (non-hydrogen) atoms. The van der Waals surface area contributed by atoms with E-state index >= 15 is 0 Å². The Labute approximate surface area is 100 Å². The highest BCUT2D eigenvalue weighted by molar-refractivity contribution is 7.12. The second-order valence-electron chi connectivity index (χ2n) is 4.88. The summed E-state index contributed by atoms with van der Waals surface area (Å²) in [6.45, 7) is 2.64. The molecule has 2 atom stereocenters. The molecule has 2 aliphatic heterocycles. The Morgan fingerprint density at radius 2 is 2.31 bits per heavy atom. The molecule has 0 saturated carbocycles. The van der Waals surface area contributed by atoms with Crippen molar-refractivity contribution >= 4 is 11.3 Å². The molecule has 0 amide bonds. The quantitative estimate of drug-likeness (QED) is 0.812. The molecule has 88 valence electrons. The SMILES string of the molecule is CN1CC(N)CCC1c1cc2c(s1)COC2. The van der Waals surface area contributed by atoms with Crippen LogP contribution in [0.25, 0.3) is 0 Å². The minimum Gasteiger partial charge on any atom is -0.371 e. The van der Waals surface area contributed by atoms with Gasteiger partial charge in [0.05, 0.1) is 13.2 Å². The van der Waals surface area contributed by atoms with Crippen LogP contribution in [0.15, 0.2) is 6.07 Å². The lowest BCUT2D eigenvalue weighted by molar-refractivity contribution is 0.135. The Morgan fingerprint density at radius 1 is 1.44 bits per heavy atom. The van der Waals surface area contributed by atoms with Crippen LogP contribution in [-0.4, -0.2) is 24.5 Å². The molecule has 0 aromatic carbocycles. The summed E-state index contributed by atoms with van der Waals surface area (Å²) in [5.41, 5.74) is 7.39. The van der Waals surface area contributed by atoms with E-state index < -0.39 is 0 Å². The van der Waals surface area contributed by atoms with Crippen molar-refractivity contribution in [1.82, 2.24) is 4.90 Å². The molecule has 0 spiro atoms. The number of thiophene rings is 1. The van der Waals surface area contributed by atoms with Crippen molar-refractivity contribution in [2.24, 2.45) is 5.73 Å². The number of hydrogen-bond acceptors (Lipinski definition) is 4. The standard InChI is InChI=1S/C12H18N2OS/c1-14-5-9(13)2-3-10(14)11-4-8-6-15-7-12(8)16-11/h4,9-10H,2-3,5-7,13H2,1H3. The van der Waals surface area contributed by atoms with Crippen LogP contribution >= 0.6 is 11.3 Å². The van der Waals surface area contributed by atoms with Crippen LogP contribution in [-0.2, 0) is 18.0 Å². The smallest absolute Gasteiger partial charge is 0.0817 e. The molecule has 2 N–H and O–H groups in total. The Balaban J connectivity index is 1.81. The van der Waals surface area contributed by atoms with Gasteiger partial charge in [-0.15, -0.1) is 11.3 Å². The lowest BCUT2D eigenvalue weighted by Crippen LogP contribution is -2.42. The summed E-state index contributed by atoms with van der Waals surface area (Å²) in [5, 5.41) is 0. The van der Waals surface area contributed by atoms with Gasteiger partial charge in [0.2, 0.25) is 0 Å². The topological polar surface area (TPSA) is 38.5 Å². The molecule has 1 fully saturated rings. The van der Waals surface area contributed by atoms with Gasteiger partial charge < -0.3 is 10.5 Å². The van der Waals surface area contributed by atoms with Crippen LogP contribution in [0.5, 0.6) is 0 Å². The Bertz CT molecular complexity index is 369. The second kappa shape index (κ2) is 4.11. The van der Waals surface area contributed by atoms with Crippen LogP contribution in [0.2, 0.25) is 0 Å². The molecular weight excluding hydrogens is 220 g/mol. The first kappa shape index (κ1) is 10.7. The molecule has 4 heteroatoms. The van der Waals surface area contributed by atoms with E-state index in [1.165, 1.54) is 21.7 Å². The van der Waals surface area contributed by atoms with Crippen molar-refractivity contribution in [2.45, 2.75) is 38.1 Å². The molecule has 0 radical (unpaired) electrons. The van der Waals surface area contributed by atoms with Crippen molar-refractivity contribution < 1.29 is 4.74 Å². The molecule has 1 saturated heterocycles. The predicted octanol–water partition coefficient (Wildman–Crippen LogP) is 1.87. The summed E-state index contributed by atoms with van der Waals surface area (Å²) in [4.78, 5) is 5.33. The number of ether oxygens (including phenoxy) is 1. The minimum absolute atomic E-state index is 0.358. The van der Waals surface area contributed by atoms with Gasteiger partial charge in [0.25, 0.3) is 0 Å². The van der Waals surface area contributed by atoms with E-state index in [-0.39, 0.29) is 0 Å². The zero-order chi connectivity index (χ0) is 11.1. The zero-order valence-corrected chi connectivity index (χ0v) is 10.4. The number of fused-ring (bicyclic) bond motifs is 1. The summed E-state index contributed by atoms with van der Waals surface area (Å²) in [7, 11) is 2.19. The van der Waals surface area contributed by atoms with Crippen molar-refractivity contribution in [2.75, 3.05) is 13.6 Å². The summed E-state index contributed by atoms with van der Waals surface area (Å²) < 4.78 is 5.42. The number of nitrogens with zero attached hydrogens (tertiary/aromatic N) is 1. The fraction of sp³-hybridized carbons (Fsp3) is 0.667. The Morgan fingerprint density at radius 3 is 3.06 bits per heavy atom. The van der Waals surface area contributed by atoms with Gasteiger partial charge in [-0.3, -0.25) is 4.90 Å². The van der Waals surface area contributed by atoms with Crippen LogP contribution in [0, 0.1) is 0 Å². The van der Waals surface area contributed by atoms with Crippen molar-refractivity contribution in [3.05, 3.63) is 21.4 Å². The van der Waals surface area contributed by atoms with Crippen LogP contribution in [0.3, 0.4) is 0 Å². The van der Waals surface area contributed by atoms with E-state index in [0.717, 1.165) is 26.2 Å². The third-order valence-electron chi connectivity index (χ3n) is 3.60. The van der Waals surface area contributed by atoms with Crippen molar-refractivity contribution in [1.29, 1.82) is 0 Å². The maximum Gasteiger partial charge on any atom is 0.0817 e. The second-order valence-corrected chi connectivity index (χ2v) is 6.05. The molecule has 3 heterocycles. The van der Waals surface area contributed by atoms with Gasteiger partial charge in [0, 0.05) is 28.4 Å². The molecule has 0 bridgehead atoms. The third-order valence-corrected chi connectivity index (χ3v) is 4.85. The van der Waals surface area contributed by atoms with E-state index in [4.69, 9.17) is 10.5 Å². The normalized spacial score (nSPS) is 30.6. The van der Waals surface area contributed by atoms with Crippen molar-refractivity contribution in [3.63, 3.8) is 0 Å². The number of likely N-dealkylation sites (tertiary alicyclic amines) is 1. The number of nitrogens with two attached hydrogens (primary N) is 1. The first-order valence-corrected chi connectivity index (χ1v) is 6.70. The van der Waals surface area contributed by atoms with E-state index in [1.54, 1.807) is 0 Å². The van der Waals surface area contributed by atoms with E-state index in [1.807, 2.05) is 11.3 Å². The molecule has 3 rings (SSSR count). The molecule has 2 aliphatic rings. The molecule has 1 aromatic heterocycles. The third kappa shape index (κ3) is 1.80. The van der Waals surface area contributed by atoms with Gasteiger partial charge in [-0.2, -0.15) is 0 Å². The fourth-order valence-electron chi connectivity index (χ4n) is 2.69. The lowest BCUT2D eigenvalue weighted by Gasteiger charge is -2.35. The van der Waals surface area contributed by atoms with E-state index in [2.05, 4.69) is 18.0 Å². The summed E-state index contributed by atoms with van der Waals surface area (Å²) in [5.74, 6) is 0. The largest absolute Gasteiger partial charge is 0.371 e. The molecule has 2 unspecified atom stereocenters. The maximum absolute atomic E-state index is 5.98. The Kier molecular flexibility index (Phi) is 2.75. The highest BCUT2D eigenvalue weighted by Gasteiger charge is 2.27. The van der Waals surface area contributed by atoms with Gasteiger partial charge in [-0.1, -0.05) is 0 Å². The number of piperidine rings is 1. The summed E-state index contributed by atoms with van der Waals surface area (Å²) in [6.07, 6.45) is 2.34. The first-order chi connectivity index (χ1) is 7.74. The summed E-state index contributed by atoms with van der Waals surface area (Å²) >= 11 is 1.93. The van der Waals surface area contributed by atoms with E-state index in [9.17, 15) is 0 Å². The highest BCUT2D eigenvalue weighted by Crippen LogP contribution is 2.38. The molecule has 1 aromatic rings.